The minimum atomic E-state index is -1.65. The summed E-state index contributed by atoms with van der Waals surface area (Å²) in [6, 6.07) is 6.09. The van der Waals surface area contributed by atoms with Gasteiger partial charge in [-0.1, -0.05) is 12.1 Å². The number of benzene rings is 1. The van der Waals surface area contributed by atoms with Gasteiger partial charge in [-0.05, 0) is 24.1 Å². The van der Waals surface area contributed by atoms with Crippen molar-refractivity contribution in [3.05, 3.63) is 29.8 Å². The molecule has 6 nitrogen and oxygen atoms in total. The van der Waals surface area contributed by atoms with Crippen molar-refractivity contribution >= 4 is 11.9 Å². The summed E-state index contributed by atoms with van der Waals surface area (Å²) in [5.41, 5.74) is 0.792. The molecule has 1 aromatic carbocycles. The molecular formula is C13H17NO5. The van der Waals surface area contributed by atoms with Crippen LogP contribution in [-0.2, 0) is 16.0 Å². The third-order valence-electron chi connectivity index (χ3n) is 2.64. The Morgan fingerprint density at radius 3 is 2.32 bits per heavy atom. The lowest BCUT2D eigenvalue weighted by molar-refractivity contribution is -0.148. The van der Waals surface area contributed by atoms with Crippen LogP contribution in [0.15, 0.2) is 24.3 Å². The number of aliphatic carboxylic acids is 1. The molecule has 0 aliphatic carbocycles. The van der Waals surface area contributed by atoms with Crippen molar-refractivity contribution in [2.45, 2.75) is 25.5 Å². The van der Waals surface area contributed by atoms with E-state index in [1.165, 1.54) is 6.92 Å². The molecule has 6 heteroatoms. The highest BCUT2D eigenvalue weighted by Crippen LogP contribution is 2.13. The number of amides is 1. The van der Waals surface area contributed by atoms with Crippen LogP contribution in [0.25, 0.3) is 0 Å². The van der Waals surface area contributed by atoms with Gasteiger partial charge in [0.2, 0.25) is 5.91 Å². The molecule has 0 fully saturated rings. The van der Waals surface area contributed by atoms with E-state index < -0.39 is 18.1 Å². The Hall–Kier alpha value is -2.08. The highest BCUT2D eigenvalue weighted by atomic mass is 16.5. The molecule has 0 saturated carbocycles. The van der Waals surface area contributed by atoms with E-state index in [4.69, 9.17) is 9.84 Å². The SMILES string of the molecule is COc1ccc(C[C@@H](NC(C)=O)[C@H](O)C(=O)O)cc1. The summed E-state index contributed by atoms with van der Waals surface area (Å²) in [6.07, 6.45) is -1.43. The van der Waals surface area contributed by atoms with Gasteiger partial charge in [0.15, 0.2) is 6.10 Å². The minimum Gasteiger partial charge on any atom is -0.497 e. The summed E-state index contributed by atoms with van der Waals surface area (Å²) in [7, 11) is 1.54. The molecule has 19 heavy (non-hydrogen) atoms. The zero-order chi connectivity index (χ0) is 14.4. The Balaban J connectivity index is 2.80. The van der Waals surface area contributed by atoms with Crippen molar-refractivity contribution in [2.75, 3.05) is 7.11 Å². The number of hydrogen-bond donors (Lipinski definition) is 3. The van der Waals surface area contributed by atoms with Gasteiger partial charge in [-0.25, -0.2) is 4.79 Å². The summed E-state index contributed by atoms with van der Waals surface area (Å²) >= 11 is 0. The fourth-order valence-corrected chi connectivity index (χ4v) is 1.69. The van der Waals surface area contributed by atoms with Crippen LogP contribution in [0.5, 0.6) is 5.75 Å². The molecule has 0 heterocycles. The van der Waals surface area contributed by atoms with Gasteiger partial charge in [-0.3, -0.25) is 4.79 Å². The normalized spacial score (nSPS) is 13.4. The van der Waals surface area contributed by atoms with Crippen LogP contribution in [0.4, 0.5) is 0 Å². The zero-order valence-corrected chi connectivity index (χ0v) is 10.8. The number of carboxylic acid groups (broad SMARTS) is 1. The number of methoxy groups -OCH3 is 1. The van der Waals surface area contributed by atoms with E-state index in [-0.39, 0.29) is 12.3 Å². The van der Waals surface area contributed by atoms with Gasteiger partial charge in [0.05, 0.1) is 13.2 Å². The van der Waals surface area contributed by atoms with Crippen LogP contribution in [-0.4, -0.2) is 41.3 Å². The number of ether oxygens (including phenoxy) is 1. The van der Waals surface area contributed by atoms with Gasteiger partial charge in [-0.2, -0.15) is 0 Å². The molecule has 1 rings (SSSR count). The lowest BCUT2D eigenvalue weighted by atomic mass is 10.0. The lowest BCUT2D eigenvalue weighted by Gasteiger charge is -2.20. The first-order valence-electron chi connectivity index (χ1n) is 5.75. The number of carboxylic acids is 1. The molecule has 104 valence electrons. The lowest BCUT2D eigenvalue weighted by Crippen LogP contribution is -2.47. The van der Waals surface area contributed by atoms with Gasteiger partial charge < -0.3 is 20.3 Å². The van der Waals surface area contributed by atoms with E-state index in [2.05, 4.69) is 5.32 Å². The molecule has 2 atom stereocenters. The average Bonchev–Trinajstić information content (AvgIpc) is 2.37. The molecule has 1 aromatic rings. The number of nitrogens with one attached hydrogen (secondary N) is 1. The van der Waals surface area contributed by atoms with Crippen molar-refractivity contribution < 1.29 is 24.5 Å². The molecule has 0 aliphatic rings. The molecule has 0 spiro atoms. The Labute approximate surface area is 111 Å². The van der Waals surface area contributed by atoms with E-state index in [9.17, 15) is 14.7 Å². The first-order chi connectivity index (χ1) is 8.93. The minimum absolute atomic E-state index is 0.219. The fraction of sp³-hybridized carbons (Fsp3) is 0.385. The fourth-order valence-electron chi connectivity index (χ4n) is 1.69. The second kappa shape index (κ2) is 6.75. The number of carbonyl (C=O) groups is 2. The monoisotopic (exact) mass is 267 g/mol. The van der Waals surface area contributed by atoms with Gasteiger partial charge in [0, 0.05) is 6.92 Å². The Morgan fingerprint density at radius 1 is 1.32 bits per heavy atom. The van der Waals surface area contributed by atoms with Gasteiger partial charge in [-0.15, -0.1) is 0 Å². The van der Waals surface area contributed by atoms with Crippen molar-refractivity contribution in [2.24, 2.45) is 0 Å². The van der Waals surface area contributed by atoms with Crippen LogP contribution in [0.2, 0.25) is 0 Å². The maximum atomic E-state index is 11.0. The maximum Gasteiger partial charge on any atom is 0.334 e. The number of hydrogen-bond acceptors (Lipinski definition) is 4. The van der Waals surface area contributed by atoms with Crippen molar-refractivity contribution in [3.63, 3.8) is 0 Å². The molecule has 0 saturated heterocycles. The number of aliphatic hydroxyl groups is 1. The van der Waals surface area contributed by atoms with Crippen LogP contribution >= 0.6 is 0 Å². The highest BCUT2D eigenvalue weighted by Gasteiger charge is 2.26. The third kappa shape index (κ3) is 4.59. The zero-order valence-electron chi connectivity index (χ0n) is 10.8. The van der Waals surface area contributed by atoms with Crippen LogP contribution in [0.3, 0.4) is 0 Å². The predicted molar refractivity (Wildman–Crippen MR) is 67.9 cm³/mol. The predicted octanol–water partition coefficient (Wildman–Crippen LogP) is 0.188. The average molecular weight is 267 g/mol. The van der Waals surface area contributed by atoms with Crippen LogP contribution in [0, 0.1) is 0 Å². The first-order valence-corrected chi connectivity index (χ1v) is 5.75. The quantitative estimate of drug-likeness (QED) is 0.683. The molecule has 0 aliphatic heterocycles. The van der Waals surface area contributed by atoms with Gasteiger partial charge in [0.25, 0.3) is 0 Å². The van der Waals surface area contributed by atoms with E-state index in [1.54, 1.807) is 31.4 Å². The summed E-state index contributed by atoms with van der Waals surface area (Å²) in [4.78, 5) is 21.8. The molecular weight excluding hydrogens is 250 g/mol. The van der Waals surface area contributed by atoms with E-state index in [0.29, 0.717) is 5.75 Å². The van der Waals surface area contributed by atoms with E-state index >= 15 is 0 Å². The third-order valence-corrected chi connectivity index (χ3v) is 2.64. The summed E-state index contributed by atoms with van der Waals surface area (Å²) in [5, 5.41) is 20.8. The van der Waals surface area contributed by atoms with Crippen molar-refractivity contribution in [3.8, 4) is 5.75 Å². The Bertz CT molecular complexity index is 443. The van der Waals surface area contributed by atoms with Gasteiger partial charge in [0.1, 0.15) is 5.75 Å². The standard InChI is InChI=1S/C13H17NO5/c1-8(15)14-11(12(16)13(17)18)7-9-3-5-10(19-2)6-4-9/h3-6,11-12,16H,7H2,1-2H3,(H,14,15)(H,17,18)/t11-,12+/m1/s1. The van der Waals surface area contributed by atoms with Crippen molar-refractivity contribution in [1.82, 2.24) is 5.32 Å². The van der Waals surface area contributed by atoms with Gasteiger partial charge >= 0.3 is 5.97 Å². The summed E-state index contributed by atoms with van der Waals surface area (Å²) in [5.74, 6) is -1.08. The Kier molecular flexibility index (Phi) is 5.32. The van der Waals surface area contributed by atoms with E-state index in [0.717, 1.165) is 5.56 Å². The largest absolute Gasteiger partial charge is 0.497 e. The smallest absolute Gasteiger partial charge is 0.334 e. The number of aliphatic hydroxyl groups excluding tert-OH is 1. The maximum absolute atomic E-state index is 11.0. The Morgan fingerprint density at radius 2 is 1.89 bits per heavy atom. The second-order valence-electron chi connectivity index (χ2n) is 4.14. The molecule has 0 bridgehead atoms. The molecule has 0 aromatic heterocycles. The highest BCUT2D eigenvalue weighted by molar-refractivity contribution is 5.77. The molecule has 0 unspecified atom stereocenters. The molecule has 1 amide bonds. The number of carbonyl (C=O) groups excluding carboxylic acids is 1. The summed E-state index contributed by atoms with van der Waals surface area (Å²) < 4.78 is 5.01. The number of rotatable bonds is 6. The van der Waals surface area contributed by atoms with Crippen LogP contribution in [0.1, 0.15) is 12.5 Å². The van der Waals surface area contributed by atoms with E-state index in [1.807, 2.05) is 0 Å². The van der Waals surface area contributed by atoms with Crippen molar-refractivity contribution in [1.29, 1.82) is 0 Å². The summed E-state index contributed by atoms with van der Waals surface area (Å²) in [6.45, 7) is 1.27. The molecule has 0 radical (unpaired) electrons. The van der Waals surface area contributed by atoms with Crippen LogP contribution < -0.4 is 10.1 Å². The molecule has 3 N–H and O–H groups in total. The first kappa shape index (κ1) is 15.0. The topological polar surface area (TPSA) is 95.9 Å². The second-order valence-corrected chi connectivity index (χ2v) is 4.14.